The van der Waals surface area contributed by atoms with E-state index in [1.807, 2.05) is 20.8 Å². The minimum atomic E-state index is -0.123. The normalized spacial score (nSPS) is 27.6. The second-order valence-corrected chi connectivity index (χ2v) is 5.63. The molecule has 1 saturated heterocycles. The molecule has 0 aliphatic carbocycles. The Bertz CT molecular complexity index is 184. The topological polar surface area (TPSA) is 30.5 Å². The number of nitrogens with one attached hydrogen (secondary N) is 1. The fourth-order valence-corrected chi connectivity index (χ4v) is 1.59. The Morgan fingerprint density at radius 2 is 2.00 bits per heavy atom. The Balaban J connectivity index is 2.32. The molecule has 1 fully saturated rings. The molecule has 0 radical (unpaired) electrons. The number of hydrogen-bond acceptors (Lipinski definition) is 3. The number of hydrogen-bond donors (Lipinski definition) is 1. The van der Waals surface area contributed by atoms with E-state index >= 15 is 0 Å². The zero-order valence-corrected chi connectivity index (χ0v) is 10.0. The minimum absolute atomic E-state index is 0.0167. The van der Waals surface area contributed by atoms with Crippen molar-refractivity contribution >= 4 is 0 Å². The molecule has 0 aromatic rings. The van der Waals surface area contributed by atoms with Crippen LogP contribution in [0, 0.1) is 0 Å². The van der Waals surface area contributed by atoms with Crippen LogP contribution in [0.25, 0.3) is 0 Å². The first kappa shape index (κ1) is 12.0. The Morgan fingerprint density at radius 3 is 2.50 bits per heavy atom. The molecular weight excluding hydrogens is 178 g/mol. The predicted molar refractivity (Wildman–Crippen MR) is 57.0 cm³/mol. The zero-order valence-electron chi connectivity index (χ0n) is 10.0. The molecule has 3 nitrogen and oxygen atoms in total. The lowest BCUT2D eigenvalue weighted by atomic mass is 9.94. The number of hydroxylamine groups is 1. The molecule has 0 saturated carbocycles. The van der Waals surface area contributed by atoms with E-state index in [1.165, 1.54) is 0 Å². The van der Waals surface area contributed by atoms with Crippen molar-refractivity contribution in [3.05, 3.63) is 0 Å². The maximum Gasteiger partial charge on any atom is 0.0813 e. The van der Waals surface area contributed by atoms with E-state index in [2.05, 4.69) is 19.3 Å². The quantitative estimate of drug-likeness (QED) is 0.695. The third kappa shape index (κ3) is 4.40. The highest BCUT2D eigenvalue weighted by Crippen LogP contribution is 2.24. The van der Waals surface area contributed by atoms with Crippen molar-refractivity contribution in [1.29, 1.82) is 0 Å². The minimum Gasteiger partial charge on any atom is -0.375 e. The SMILES string of the molecule is CC(C)(C)ONC1CCOC(C)(C)C1. The highest BCUT2D eigenvalue weighted by molar-refractivity contribution is 4.81. The second kappa shape index (κ2) is 4.17. The van der Waals surface area contributed by atoms with E-state index in [1.54, 1.807) is 0 Å². The van der Waals surface area contributed by atoms with Crippen LogP contribution in [0.2, 0.25) is 0 Å². The van der Waals surface area contributed by atoms with E-state index in [9.17, 15) is 0 Å². The van der Waals surface area contributed by atoms with E-state index in [4.69, 9.17) is 9.57 Å². The van der Waals surface area contributed by atoms with Crippen molar-refractivity contribution < 1.29 is 9.57 Å². The molecule has 1 unspecified atom stereocenters. The van der Waals surface area contributed by atoms with Crippen LogP contribution in [0.15, 0.2) is 0 Å². The van der Waals surface area contributed by atoms with Crippen molar-refractivity contribution in [1.82, 2.24) is 5.48 Å². The fourth-order valence-electron chi connectivity index (χ4n) is 1.59. The summed E-state index contributed by atoms with van der Waals surface area (Å²) in [5.41, 5.74) is 3.00. The molecule has 1 rings (SSSR count). The molecule has 84 valence electrons. The lowest BCUT2D eigenvalue weighted by Crippen LogP contribution is -2.45. The highest BCUT2D eigenvalue weighted by Gasteiger charge is 2.29. The Morgan fingerprint density at radius 1 is 1.36 bits per heavy atom. The van der Waals surface area contributed by atoms with Gasteiger partial charge in [0.25, 0.3) is 0 Å². The van der Waals surface area contributed by atoms with Crippen molar-refractivity contribution in [3.8, 4) is 0 Å². The van der Waals surface area contributed by atoms with Crippen LogP contribution in [0.3, 0.4) is 0 Å². The molecule has 14 heavy (non-hydrogen) atoms. The fraction of sp³-hybridized carbons (Fsp3) is 1.00. The lowest BCUT2D eigenvalue weighted by Gasteiger charge is -2.36. The van der Waals surface area contributed by atoms with Gasteiger partial charge in [-0.2, -0.15) is 5.48 Å². The smallest absolute Gasteiger partial charge is 0.0813 e. The first-order chi connectivity index (χ1) is 6.29. The van der Waals surface area contributed by atoms with Crippen LogP contribution in [-0.4, -0.2) is 23.9 Å². The summed E-state index contributed by atoms with van der Waals surface area (Å²) in [6.07, 6.45) is 2.03. The second-order valence-electron chi connectivity index (χ2n) is 5.63. The summed E-state index contributed by atoms with van der Waals surface area (Å²) in [6, 6.07) is 0.415. The summed E-state index contributed by atoms with van der Waals surface area (Å²) in [4.78, 5) is 5.56. The average molecular weight is 201 g/mol. The maximum absolute atomic E-state index is 5.63. The predicted octanol–water partition coefficient (Wildman–Crippen LogP) is 2.26. The summed E-state index contributed by atoms with van der Waals surface area (Å²) >= 11 is 0. The van der Waals surface area contributed by atoms with Crippen LogP contribution in [-0.2, 0) is 9.57 Å². The van der Waals surface area contributed by atoms with Gasteiger partial charge in [0.05, 0.1) is 11.2 Å². The van der Waals surface area contributed by atoms with Crippen molar-refractivity contribution in [2.75, 3.05) is 6.61 Å². The average Bonchev–Trinajstić information content (AvgIpc) is 1.98. The Hall–Kier alpha value is -0.120. The van der Waals surface area contributed by atoms with E-state index in [0.717, 1.165) is 19.4 Å². The van der Waals surface area contributed by atoms with Gasteiger partial charge in [0.2, 0.25) is 0 Å². The van der Waals surface area contributed by atoms with Crippen LogP contribution < -0.4 is 5.48 Å². The van der Waals surface area contributed by atoms with E-state index in [-0.39, 0.29) is 11.2 Å². The van der Waals surface area contributed by atoms with Gasteiger partial charge in [-0.25, -0.2) is 0 Å². The van der Waals surface area contributed by atoms with E-state index < -0.39 is 0 Å². The standard InChI is InChI=1S/C11H23NO2/c1-10(2,3)14-12-9-6-7-13-11(4,5)8-9/h9,12H,6-8H2,1-5H3. The summed E-state index contributed by atoms with van der Waals surface area (Å²) in [7, 11) is 0. The molecule has 0 aromatic carbocycles. The largest absolute Gasteiger partial charge is 0.375 e. The van der Waals surface area contributed by atoms with Gasteiger partial charge in [-0.3, -0.25) is 4.84 Å². The third-order valence-electron chi connectivity index (χ3n) is 2.23. The highest BCUT2D eigenvalue weighted by atomic mass is 16.7. The Labute approximate surface area is 87.1 Å². The van der Waals surface area contributed by atoms with Gasteiger partial charge in [0, 0.05) is 12.6 Å². The zero-order chi connectivity index (χ0) is 10.8. The van der Waals surface area contributed by atoms with Crippen molar-refractivity contribution in [3.63, 3.8) is 0 Å². The van der Waals surface area contributed by atoms with Gasteiger partial charge < -0.3 is 4.74 Å². The molecule has 1 aliphatic heterocycles. The molecule has 1 atom stereocenters. The Kier molecular flexibility index (Phi) is 3.56. The van der Waals surface area contributed by atoms with Crippen LogP contribution in [0.4, 0.5) is 0 Å². The monoisotopic (exact) mass is 201 g/mol. The van der Waals surface area contributed by atoms with Crippen LogP contribution >= 0.6 is 0 Å². The molecule has 0 amide bonds. The summed E-state index contributed by atoms with van der Waals surface area (Å²) in [5.74, 6) is 0. The lowest BCUT2D eigenvalue weighted by molar-refractivity contribution is -0.129. The van der Waals surface area contributed by atoms with Gasteiger partial charge in [-0.05, 0) is 47.5 Å². The van der Waals surface area contributed by atoms with Crippen molar-refractivity contribution in [2.24, 2.45) is 0 Å². The molecular formula is C11H23NO2. The molecule has 3 heteroatoms. The third-order valence-corrected chi connectivity index (χ3v) is 2.23. The molecule has 0 aromatic heterocycles. The maximum atomic E-state index is 5.63. The van der Waals surface area contributed by atoms with Gasteiger partial charge in [-0.1, -0.05) is 0 Å². The summed E-state index contributed by atoms with van der Waals surface area (Å²) in [5, 5.41) is 0. The van der Waals surface area contributed by atoms with Crippen molar-refractivity contribution in [2.45, 2.75) is 64.7 Å². The molecule has 1 heterocycles. The summed E-state index contributed by atoms with van der Waals surface area (Å²) in [6.45, 7) is 11.2. The van der Waals surface area contributed by atoms with Gasteiger partial charge >= 0.3 is 0 Å². The molecule has 0 spiro atoms. The molecule has 1 N–H and O–H groups in total. The van der Waals surface area contributed by atoms with Crippen LogP contribution in [0.1, 0.15) is 47.5 Å². The van der Waals surface area contributed by atoms with Gasteiger partial charge in [0.1, 0.15) is 0 Å². The van der Waals surface area contributed by atoms with Gasteiger partial charge in [0.15, 0.2) is 0 Å². The molecule has 0 bridgehead atoms. The number of ether oxygens (including phenoxy) is 1. The number of rotatable bonds is 2. The molecule has 1 aliphatic rings. The van der Waals surface area contributed by atoms with Crippen LogP contribution in [0.5, 0.6) is 0 Å². The summed E-state index contributed by atoms with van der Waals surface area (Å²) < 4.78 is 5.63. The first-order valence-electron chi connectivity index (χ1n) is 5.36. The van der Waals surface area contributed by atoms with E-state index in [0.29, 0.717) is 6.04 Å². The first-order valence-corrected chi connectivity index (χ1v) is 5.36. The van der Waals surface area contributed by atoms with Gasteiger partial charge in [-0.15, -0.1) is 0 Å².